The average molecular weight is 361 g/mol. The van der Waals surface area contributed by atoms with E-state index in [1.807, 2.05) is 29.8 Å². The molecule has 0 bridgehead atoms. The Morgan fingerprint density at radius 2 is 2.23 bits per heavy atom. The van der Waals surface area contributed by atoms with Gasteiger partial charge in [-0.3, -0.25) is 4.79 Å². The zero-order chi connectivity index (χ0) is 15.3. The third-order valence-corrected chi connectivity index (χ3v) is 4.44. The summed E-state index contributed by atoms with van der Waals surface area (Å²) in [5.41, 5.74) is 1.33. The van der Waals surface area contributed by atoms with Crippen LogP contribution in [0.4, 0.5) is 0 Å². The summed E-state index contributed by atoms with van der Waals surface area (Å²) in [4.78, 5) is 14.6. The highest BCUT2D eigenvalue weighted by molar-refractivity contribution is 9.10. The summed E-state index contributed by atoms with van der Waals surface area (Å²) in [7, 11) is 0. The molecule has 3 aromatic heterocycles. The van der Waals surface area contributed by atoms with Gasteiger partial charge in [0.15, 0.2) is 11.5 Å². The summed E-state index contributed by atoms with van der Waals surface area (Å²) in [6.07, 6.45) is 3.54. The normalized spacial score (nSPS) is 17.7. The Morgan fingerprint density at radius 3 is 3.09 bits per heavy atom. The lowest BCUT2D eigenvalue weighted by Crippen LogP contribution is -2.41. The zero-order valence-electron chi connectivity index (χ0n) is 11.8. The smallest absolute Gasteiger partial charge is 0.275 e. The lowest BCUT2D eigenvalue weighted by atomic mass is 10.2. The van der Waals surface area contributed by atoms with E-state index in [0.717, 1.165) is 15.8 Å². The number of rotatable bonds is 1. The summed E-state index contributed by atoms with van der Waals surface area (Å²) in [5.74, 6) is 0.729. The van der Waals surface area contributed by atoms with Gasteiger partial charge in [-0.2, -0.15) is 5.10 Å². The highest BCUT2D eigenvalue weighted by Gasteiger charge is 2.31. The Labute approximate surface area is 134 Å². The standard InChI is InChI=1S/C14H13BrN6O/c1-9-13-17-16-8-19(13)4-5-20(9)14(22)12-6-11-3-2-10(15)7-21(11)18-12/h2-3,6-9H,4-5H2,1H3. The Hall–Kier alpha value is -2.22. The van der Waals surface area contributed by atoms with Gasteiger partial charge in [0.05, 0.1) is 11.6 Å². The summed E-state index contributed by atoms with van der Waals surface area (Å²) < 4.78 is 4.60. The van der Waals surface area contributed by atoms with E-state index in [1.54, 1.807) is 21.8 Å². The monoisotopic (exact) mass is 360 g/mol. The molecule has 1 aliphatic rings. The Kier molecular flexibility index (Phi) is 3.00. The fourth-order valence-corrected chi connectivity index (χ4v) is 3.13. The van der Waals surface area contributed by atoms with E-state index in [4.69, 9.17) is 0 Å². The van der Waals surface area contributed by atoms with Crippen molar-refractivity contribution in [1.29, 1.82) is 0 Å². The van der Waals surface area contributed by atoms with Crippen molar-refractivity contribution < 1.29 is 4.79 Å². The molecule has 0 spiro atoms. The fraction of sp³-hybridized carbons (Fsp3) is 0.286. The van der Waals surface area contributed by atoms with Gasteiger partial charge >= 0.3 is 0 Å². The molecule has 7 nitrogen and oxygen atoms in total. The van der Waals surface area contributed by atoms with Crippen LogP contribution in [-0.2, 0) is 6.54 Å². The van der Waals surface area contributed by atoms with Crippen LogP contribution < -0.4 is 0 Å². The molecular formula is C14H13BrN6O. The molecule has 22 heavy (non-hydrogen) atoms. The predicted octanol–water partition coefficient (Wildman–Crippen LogP) is 1.91. The number of amides is 1. The minimum absolute atomic E-state index is 0.0819. The number of hydrogen-bond donors (Lipinski definition) is 0. The van der Waals surface area contributed by atoms with Crippen molar-refractivity contribution in [3.63, 3.8) is 0 Å². The van der Waals surface area contributed by atoms with Gasteiger partial charge in [-0.15, -0.1) is 10.2 Å². The largest absolute Gasteiger partial charge is 0.325 e. The van der Waals surface area contributed by atoms with Gasteiger partial charge in [0.2, 0.25) is 0 Å². The van der Waals surface area contributed by atoms with Crippen molar-refractivity contribution in [2.75, 3.05) is 6.54 Å². The molecule has 1 unspecified atom stereocenters. The third-order valence-electron chi connectivity index (χ3n) is 3.97. The fourth-order valence-electron chi connectivity index (χ4n) is 2.80. The molecule has 0 radical (unpaired) electrons. The molecule has 4 heterocycles. The minimum atomic E-state index is -0.111. The molecule has 1 atom stereocenters. The second kappa shape index (κ2) is 4.91. The first-order valence-corrected chi connectivity index (χ1v) is 7.76. The lowest BCUT2D eigenvalue weighted by molar-refractivity contribution is 0.0631. The quantitative estimate of drug-likeness (QED) is 0.664. The molecule has 0 aliphatic carbocycles. The van der Waals surface area contributed by atoms with Crippen molar-refractivity contribution in [2.24, 2.45) is 0 Å². The maximum atomic E-state index is 12.8. The van der Waals surface area contributed by atoms with Crippen LogP contribution in [0.1, 0.15) is 29.3 Å². The number of carbonyl (C=O) groups excluding carboxylic acids is 1. The van der Waals surface area contributed by atoms with E-state index in [-0.39, 0.29) is 11.9 Å². The van der Waals surface area contributed by atoms with Crippen LogP contribution in [0, 0.1) is 0 Å². The summed E-state index contributed by atoms with van der Waals surface area (Å²) in [5, 5.41) is 12.4. The predicted molar refractivity (Wildman–Crippen MR) is 82.4 cm³/mol. The molecule has 0 saturated carbocycles. The van der Waals surface area contributed by atoms with Crippen LogP contribution in [0.3, 0.4) is 0 Å². The van der Waals surface area contributed by atoms with Crippen molar-refractivity contribution in [2.45, 2.75) is 19.5 Å². The number of hydrogen-bond acceptors (Lipinski definition) is 4. The lowest BCUT2D eigenvalue weighted by Gasteiger charge is -2.32. The minimum Gasteiger partial charge on any atom is -0.325 e. The third kappa shape index (κ3) is 2.02. The Morgan fingerprint density at radius 1 is 1.36 bits per heavy atom. The zero-order valence-corrected chi connectivity index (χ0v) is 13.4. The molecule has 0 fully saturated rings. The molecule has 112 valence electrons. The van der Waals surface area contributed by atoms with Gasteiger partial charge in [0.1, 0.15) is 6.33 Å². The van der Waals surface area contributed by atoms with Gasteiger partial charge in [-0.25, -0.2) is 4.52 Å². The SMILES string of the molecule is CC1c2nncn2CCN1C(=O)c1cc2ccc(Br)cn2n1. The van der Waals surface area contributed by atoms with Crippen molar-refractivity contribution in [3.8, 4) is 0 Å². The van der Waals surface area contributed by atoms with E-state index in [0.29, 0.717) is 18.8 Å². The first kappa shape index (κ1) is 13.4. The van der Waals surface area contributed by atoms with Crippen molar-refractivity contribution in [3.05, 3.63) is 46.7 Å². The molecule has 0 N–H and O–H groups in total. The van der Waals surface area contributed by atoms with Crippen LogP contribution >= 0.6 is 15.9 Å². The van der Waals surface area contributed by atoms with Gasteiger partial charge in [-0.1, -0.05) is 0 Å². The molecule has 0 aromatic carbocycles. The second-order valence-electron chi connectivity index (χ2n) is 5.30. The molecular weight excluding hydrogens is 348 g/mol. The van der Waals surface area contributed by atoms with Gasteiger partial charge < -0.3 is 9.47 Å². The van der Waals surface area contributed by atoms with E-state index in [1.165, 1.54) is 0 Å². The highest BCUT2D eigenvalue weighted by atomic mass is 79.9. The van der Waals surface area contributed by atoms with Crippen LogP contribution in [0.2, 0.25) is 0 Å². The summed E-state index contributed by atoms with van der Waals surface area (Å²) in [6.45, 7) is 3.30. The van der Waals surface area contributed by atoms with Crippen LogP contribution in [-0.4, -0.2) is 41.7 Å². The second-order valence-corrected chi connectivity index (χ2v) is 6.22. The Bertz CT molecular complexity index is 869. The highest BCUT2D eigenvalue weighted by Crippen LogP contribution is 2.24. The maximum Gasteiger partial charge on any atom is 0.275 e. The maximum absolute atomic E-state index is 12.8. The van der Waals surface area contributed by atoms with Gasteiger partial charge in [0.25, 0.3) is 5.91 Å². The molecule has 1 amide bonds. The van der Waals surface area contributed by atoms with Crippen LogP contribution in [0.25, 0.3) is 5.52 Å². The molecule has 4 rings (SSSR count). The van der Waals surface area contributed by atoms with Crippen LogP contribution in [0.5, 0.6) is 0 Å². The van der Waals surface area contributed by atoms with E-state index in [2.05, 4.69) is 31.2 Å². The van der Waals surface area contributed by atoms with Gasteiger partial charge in [0, 0.05) is 23.8 Å². The average Bonchev–Trinajstić information content (AvgIpc) is 3.12. The number of pyridine rings is 1. The number of halogens is 1. The van der Waals surface area contributed by atoms with Crippen molar-refractivity contribution in [1.82, 2.24) is 29.3 Å². The topological polar surface area (TPSA) is 68.3 Å². The first-order valence-electron chi connectivity index (χ1n) is 6.97. The number of nitrogens with zero attached hydrogens (tertiary/aromatic N) is 6. The van der Waals surface area contributed by atoms with Crippen molar-refractivity contribution >= 4 is 27.4 Å². The van der Waals surface area contributed by atoms with E-state index in [9.17, 15) is 4.79 Å². The molecule has 1 aliphatic heterocycles. The number of aromatic nitrogens is 5. The summed E-state index contributed by atoms with van der Waals surface area (Å²) in [6, 6.07) is 5.54. The molecule has 3 aromatic rings. The Balaban J connectivity index is 1.68. The van der Waals surface area contributed by atoms with Gasteiger partial charge in [-0.05, 0) is 41.1 Å². The molecule has 8 heteroatoms. The van der Waals surface area contributed by atoms with Crippen LogP contribution in [0.15, 0.2) is 35.2 Å². The van der Waals surface area contributed by atoms with E-state index >= 15 is 0 Å². The summed E-state index contributed by atoms with van der Waals surface area (Å²) >= 11 is 3.40. The first-order chi connectivity index (χ1) is 10.6. The number of carbonyl (C=O) groups is 1. The molecule has 0 saturated heterocycles. The van der Waals surface area contributed by atoms with E-state index < -0.39 is 0 Å². The number of fused-ring (bicyclic) bond motifs is 2.